The van der Waals surface area contributed by atoms with Crippen molar-refractivity contribution in [3.05, 3.63) is 52.0 Å². The van der Waals surface area contributed by atoms with Gasteiger partial charge in [-0.15, -0.1) is 11.3 Å². The van der Waals surface area contributed by atoms with E-state index < -0.39 is 0 Å². The van der Waals surface area contributed by atoms with Crippen LogP contribution in [0.15, 0.2) is 35.8 Å². The molecule has 0 radical (unpaired) electrons. The minimum absolute atomic E-state index is 0.239. The molecule has 0 aliphatic rings. The molecular weight excluding hydrogens is 230 g/mol. The maximum atomic E-state index is 5.60. The van der Waals surface area contributed by atoms with Crippen molar-refractivity contribution in [2.75, 3.05) is 0 Å². The fourth-order valence-corrected chi connectivity index (χ4v) is 2.58. The van der Waals surface area contributed by atoms with Crippen molar-refractivity contribution in [2.24, 2.45) is 5.84 Å². The van der Waals surface area contributed by atoms with Crippen LogP contribution in [0, 0.1) is 6.92 Å². The first kappa shape index (κ1) is 12.2. The van der Waals surface area contributed by atoms with Crippen molar-refractivity contribution >= 4 is 11.3 Å². The number of aromatic nitrogens is 1. The molecule has 1 aromatic carbocycles. The molecule has 0 fully saturated rings. The minimum atomic E-state index is 0.239. The molecule has 2 rings (SSSR count). The van der Waals surface area contributed by atoms with Crippen LogP contribution >= 0.6 is 11.3 Å². The molecule has 0 spiro atoms. The van der Waals surface area contributed by atoms with Gasteiger partial charge >= 0.3 is 0 Å². The van der Waals surface area contributed by atoms with Gasteiger partial charge < -0.3 is 0 Å². The summed E-state index contributed by atoms with van der Waals surface area (Å²) in [6.45, 7) is 2.11. The van der Waals surface area contributed by atoms with E-state index in [1.165, 1.54) is 11.1 Å². The van der Waals surface area contributed by atoms with E-state index in [1.807, 2.05) is 11.6 Å². The average molecular weight is 247 g/mol. The molecule has 0 saturated heterocycles. The molecule has 3 nitrogen and oxygen atoms in total. The van der Waals surface area contributed by atoms with Crippen LogP contribution in [0.1, 0.15) is 16.1 Å². The maximum absolute atomic E-state index is 5.60. The zero-order chi connectivity index (χ0) is 12.1. The monoisotopic (exact) mass is 247 g/mol. The maximum Gasteiger partial charge on any atom is 0.0940 e. The summed E-state index contributed by atoms with van der Waals surface area (Å²) in [5, 5.41) is 3.12. The van der Waals surface area contributed by atoms with Gasteiger partial charge in [0, 0.05) is 24.0 Å². The van der Waals surface area contributed by atoms with Crippen molar-refractivity contribution in [2.45, 2.75) is 25.8 Å². The van der Waals surface area contributed by atoms with Gasteiger partial charge in [0.2, 0.25) is 0 Å². The third kappa shape index (κ3) is 3.63. The van der Waals surface area contributed by atoms with Gasteiger partial charge in [-0.2, -0.15) is 0 Å². The van der Waals surface area contributed by atoms with Crippen molar-refractivity contribution in [1.29, 1.82) is 0 Å². The second kappa shape index (κ2) is 5.91. The normalized spacial score (nSPS) is 12.6. The molecule has 1 aromatic heterocycles. The van der Waals surface area contributed by atoms with Crippen LogP contribution in [0.25, 0.3) is 0 Å². The third-order valence-corrected chi connectivity index (χ3v) is 3.51. The summed E-state index contributed by atoms with van der Waals surface area (Å²) >= 11 is 1.67. The molecule has 0 bridgehead atoms. The van der Waals surface area contributed by atoms with Gasteiger partial charge in [-0.25, -0.2) is 4.98 Å². The molecule has 2 aromatic rings. The van der Waals surface area contributed by atoms with Crippen LogP contribution in [0.3, 0.4) is 0 Å². The molecule has 1 heterocycles. The minimum Gasteiger partial charge on any atom is -0.271 e. The molecule has 3 N–H and O–H groups in total. The molecule has 0 amide bonds. The van der Waals surface area contributed by atoms with Crippen LogP contribution in [0.2, 0.25) is 0 Å². The van der Waals surface area contributed by atoms with Crippen molar-refractivity contribution in [1.82, 2.24) is 10.4 Å². The van der Waals surface area contributed by atoms with Gasteiger partial charge in [-0.1, -0.05) is 29.8 Å². The predicted octanol–water partition coefficient (Wildman–Crippen LogP) is 2.07. The number of hydrogen-bond donors (Lipinski definition) is 2. The first-order chi connectivity index (χ1) is 8.28. The van der Waals surface area contributed by atoms with Crippen molar-refractivity contribution < 1.29 is 0 Å². The zero-order valence-electron chi connectivity index (χ0n) is 9.89. The highest BCUT2D eigenvalue weighted by molar-refractivity contribution is 7.09. The Hall–Kier alpha value is -1.23. The Kier molecular flexibility index (Phi) is 4.25. The molecule has 0 aliphatic carbocycles. The smallest absolute Gasteiger partial charge is 0.0940 e. The van der Waals surface area contributed by atoms with E-state index in [-0.39, 0.29) is 6.04 Å². The Morgan fingerprint density at radius 3 is 2.94 bits per heavy atom. The summed E-state index contributed by atoms with van der Waals surface area (Å²) in [6.07, 6.45) is 3.64. The SMILES string of the molecule is Cc1cccc(CC(Cc2nccs2)NN)c1. The van der Waals surface area contributed by atoms with Crippen LogP contribution in [0.4, 0.5) is 0 Å². The van der Waals surface area contributed by atoms with Crippen LogP contribution in [0.5, 0.6) is 0 Å². The third-order valence-electron chi connectivity index (χ3n) is 2.70. The number of thiazole rings is 1. The van der Waals surface area contributed by atoms with E-state index in [9.17, 15) is 0 Å². The van der Waals surface area contributed by atoms with Crippen LogP contribution in [-0.2, 0) is 12.8 Å². The molecular formula is C13H17N3S. The van der Waals surface area contributed by atoms with E-state index in [4.69, 9.17) is 5.84 Å². The van der Waals surface area contributed by atoms with Crippen LogP contribution in [-0.4, -0.2) is 11.0 Å². The lowest BCUT2D eigenvalue weighted by Crippen LogP contribution is -2.38. The van der Waals surface area contributed by atoms with Crippen LogP contribution < -0.4 is 11.3 Å². The highest BCUT2D eigenvalue weighted by Gasteiger charge is 2.10. The zero-order valence-corrected chi connectivity index (χ0v) is 10.7. The number of rotatable bonds is 5. The molecule has 0 saturated carbocycles. The molecule has 17 heavy (non-hydrogen) atoms. The van der Waals surface area contributed by atoms with E-state index in [1.54, 1.807) is 11.3 Å². The van der Waals surface area contributed by atoms with Gasteiger partial charge in [0.05, 0.1) is 5.01 Å². The lowest BCUT2D eigenvalue weighted by Gasteiger charge is -2.14. The number of nitrogens with two attached hydrogens (primary N) is 1. The summed E-state index contributed by atoms with van der Waals surface area (Å²) in [4.78, 5) is 4.29. The van der Waals surface area contributed by atoms with Gasteiger partial charge in [-0.05, 0) is 18.9 Å². The summed E-state index contributed by atoms with van der Waals surface area (Å²) in [6, 6.07) is 8.77. The number of nitrogens with one attached hydrogen (secondary N) is 1. The standard InChI is InChI=1S/C13H17N3S/c1-10-3-2-4-11(7-10)8-12(16-14)9-13-15-5-6-17-13/h2-7,12,16H,8-9,14H2,1H3. The fourth-order valence-electron chi connectivity index (χ4n) is 1.88. The van der Waals surface area contributed by atoms with E-state index in [0.29, 0.717) is 0 Å². The first-order valence-electron chi connectivity index (χ1n) is 5.68. The Bertz CT molecular complexity index is 453. The van der Waals surface area contributed by atoms with Crippen molar-refractivity contribution in [3.8, 4) is 0 Å². The van der Waals surface area contributed by atoms with Gasteiger partial charge in [0.15, 0.2) is 0 Å². The number of hydrazine groups is 1. The van der Waals surface area contributed by atoms with E-state index >= 15 is 0 Å². The summed E-state index contributed by atoms with van der Waals surface area (Å²) < 4.78 is 0. The highest BCUT2D eigenvalue weighted by Crippen LogP contribution is 2.12. The number of aryl methyl sites for hydroxylation is 1. The van der Waals surface area contributed by atoms with E-state index in [2.05, 4.69) is 41.6 Å². The fraction of sp³-hybridized carbons (Fsp3) is 0.308. The second-order valence-corrected chi connectivity index (χ2v) is 5.17. The largest absolute Gasteiger partial charge is 0.271 e. The molecule has 1 atom stereocenters. The number of nitrogens with zero attached hydrogens (tertiary/aromatic N) is 1. The highest BCUT2D eigenvalue weighted by atomic mass is 32.1. The van der Waals surface area contributed by atoms with Gasteiger partial charge in [0.25, 0.3) is 0 Å². The van der Waals surface area contributed by atoms with Crippen molar-refractivity contribution in [3.63, 3.8) is 0 Å². The average Bonchev–Trinajstić information content (AvgIpc) is 2.81. The predicted molar refractivity (Wildman–Crippen MR) is 71.8 cm³/mol. The summed E-state index contributed by atoms with van der Waals surface area (Å²) in [5.74, 6) is 5.60. The number of hydrogen-bond acceptors (Lipinski definition) is 4. The first-order valence-corrected chi connectivity index (χ1v) is 6.56. The number of benzene rings is 1. The molecule has 90 valence electrons. The Morgan fingerprint density at radius 2 is 2.29 bits per heavy atom. The Morgan fingerprint density at radius 1 is 1.41 bits per heavy atom. The van der Waals surface area contributed by atoms with Gasteiger partial charge in [-0.3, -0.25) is 11.3 Å². The summed E-state index contributed by atoms with van der Waals surface area (Å²) in [7, 11) is 0. The summed E-state index contributed by atoms with van der Waals surface area (Å²) in [5.41, 5.74) is 5.47. The van der Waals surface area contributed by atoms with E-state index in [0.717, 1.165) is 17.8 Å². The lowest BCUT2D eigenvalue weighted by atomic mass is 10.0. The quantitative estimate of drug-likeness (QED) is 0.628. The Balaban J connectivity index is 2.00. The molecule has 1 unspecified atom stereocenters. The van der Waals surface area contributed by atoms with Gasteiger partial charge in [0.1, 0.15) is 0 Å². The lowest BCUT2D eigenvalue weighted by molar-refractivity contribution is 0.521. The second-order valence-electron chi connectivity index (χ2n) is 4.19. The molecule has 0 aliphatic heterocycles. The Labute approximate surface area is 106 Å². The molecule has 4 heteroatoms. The topological polar surface area (TPSA) is 50.9 Å².